The molecule has 0 bridgehead atoms. The smallest absolute Gasteiger partial charge is 0.289 e. The minimum absolute atomic E-state index is 0.201. The van der Waals surface area contributed by atoms with Crippen LogP contribution in [0.2, 0.25) is 0 Å². The van der Waals surface area contributed by atoms with Gasteiger partial charge in [-0.2, -0.15) is 0 Å². The standard InChI is InChI=1S/C9H11N5O2/c1-13(6-8-10-11-12-14(8)2)9(15)7-4-3-5-16-7/h3-5H,6H2,1-2H3. The fourth-order valence-corrected chi connectivity index (χ4v) is 1.25. The van der Waals surface area contributed by atoms with E-state index in [2.05, 4.69) is 15.5 Å². The monoisotopic (exact) mass is 221 g/mol. The molecule has 0 radical (unpaired) electrons. The van der Waals surface area contributed by atoms with Crippen molar-refractivity contribution in [2.45, 2.75) is 6.54 Å². The van der Waals surface area contributed by atoms with Crippen LogP contribution in [0.15, 0.2) is 22.8 Å². The Bertz CT molecular complexity index is 476. The van der Waals surface area contributed by atoms with Crippen LogP contribution in [0.25, 0.3) is 0 Å². The lowest BCUT2D eigenvalue weighted by molar-refractivity contribution is 0.0748. The normalized spacial score (nSPS) is 10.4. The number of hydrogen-bond acceptors (Lipinski definition) is 5. The zero-order chi connectivity index (χ0) is 11.5. The molecule has 2 rings (SSSR count). The van der Waals surface area contributed by atoms with Crippen LogP contribution in [0.5, 0.6) is 0 Å². The number of furan rings is 1. The first-order valence-electron chi connectivity index (χ1n) is 4.68. The number of hydrogen-bond donors (Lipinski definition) is 0. The van der Waals surface area contributed by atoms with Crippen LogP contribution in [0.1, 0.15) is 16.4 Å². The molecule has 16 heavy (non-hydrogen) atoms. The average Bonchev–Trinajstić information content (AvgIpc) is 2.89. The number of aryl methyl sites for hydroxylation is 1. The Hall–Kier alpha value is -2.18. The zero-order valence-corrected chi connectivity index (χ0v) is 8.99. The largest absolute Gasteiger partial charge is 0.459 e. The molecule has 0 aliphatic rings. The van der Waals surface area contributed by atoms with Gasteiger partial charge < -0.3 is 9.32 Å². The van der Waals surface area contributed by atoms with Crippen LogP contribution in [0.3, 0.4) is 0 Å². The zero-order valence-electron chi connectivity index (χ0n) is 8.99. The van der Waals surface area contributed by atoms with Gasteiger partial charge in [-0.3, -0.25) is 4.79 Å². The molecule has 84 valence electrons. The van der Waals surface area contributed by atoms with Crippen LogP contribution in [-0.4, -0.2) is 38.1 Å². The van der Waals surface area contributed by atoms with E-state index in [1.54, 1.807) is 26.2 Å². The maximum Gasteiger partial charge on any atom is 0.289 e. The molecule has 0 N–H and O–H groups in total. The van der Waals surface area contributed by atoms with Crippen LogP contribution >= 0.6 is 0 Å². The summed E-state index contributed by atoms with van der Waals surface area (Å²) >= 11 is 0. The van der Waals surface area contributed by atoms with Gasteiger partial charge in [-0.15, -0.1) is 5.10 Å². The molecule has 2 aromatic heterocycles. The second-order valence-electron chi connectivity index (χ2n) is 3.36. The molecular formula is C9H11N5O2. The van der Waals surface area contributed by atoms with E-state index in [1.807, 2.05) is 0 Å². The van der Waals surface area contributed by atoms with E-state index in [0.717, 1.165) is 0 Å². The number of carbonyl (C=O) groups excluding carboxylic acids is 1. The highest BCUT2D eigenvalue weighted by atomic mass is 16.3. The molecule has 1 amide bonds. The summed E-state index contributed by atoms with van der Waals surface area (Å²) in [6.07, 6.45) is 1.46. The van der Waals surface area contributed by atoms with Gasteiger partial charge in [-0.05, 0) is 22.6 Å². The third-order valence-electron chi connectivity index (χ3n) is 2.17. The summed E-state index contributed by atoms with van der Waals surface area (Å²) in [4.78, 5) is 13.3. The maximum atomic E-state index is 11.8. The highest BCUT2D eigenvalue weighted by molar-refractivity contribution is 5.91. The van der Waals surface area contributed by atoms with E-state index in [9.17, 15) is 4.79 Å². The number of rotatable bonds is 3. The molecule has 0 unspecified atom stereocenters. The molecule has 0 fully saturated rings. The van der Waals surface area contributed by atoms with Crippen molar-refractivity contribution in [3.05, 3.63) is 30.0 Å². The maximum absolute atomic E-state index is 11.8. The van der Waals surface area contributed by atoms with E-state index >= 15 is 0 Å². The predicted molar refractivity (Wildman–Crippen MR) is 53.3 cm³/mol. The fraction of sp³-hybridized carbons (Fsp3) is 0.333. The molecule has 2 aromatic rings. The number of aromatic nitrogens is 4. The molecule has 0 spiro atoms. The molecule has 0 saturated carbocycles. The third-order valence-corrected chi connectivity index (χ3v) is 2.17. The molecule has 0 aromatic carbocycles. The Labute approximate surface area is 91.6 Å². The Balaban J connectivity index is 2.07. The second-order valence-corrected chi connectivity index (χ2v) is 3.36. The Morgan fingerprint density at radius 3 is 3.00 bits per heavy atom. The number of tetrazole rings is 1. The molecule has 7 heteroatoms. The Morgan fingerprint density at radius 2 is 2.44 bits per heavy atom. The summed E-state index contributed by atoms with van der Waals surface area (Å²) in [5.41, 5.74) is 0. The lowest BCUT2D eigenvalue weighted by atomic mass is 10.4. The van der Waals surface area contributed by atoms with Crippen molar-refractivity contribution < 1.29 is 9.21 Å². The molecule has 0 atom stereocenters. The Kier molecular flexibility index (Phi) is 2.67. The summed E-state index contributed by atoms with van der Waals surface area (Å²) in [6, 6.07) is 3.29. The first-order chi connectivity index (χ1) is 7.68. The highest BCUT2D eigenvalue weighted by Gasteiger charge is 2.16. The van der Waals surface area contributed by atoms with Crippen molar-refractivity contribution >= 4 is 5.91 Å². The molecular weight excluding hydrogens is 210 g/mol. The van der Waals surface area contributed by atoms with Crippen LogP contribution in [0, 0.1) is 0 Å². The lowest BCUT2D eigenvalue weighted by Gasteiger charge is -2.13. The topological polar surface area (TPSA) is 77.1 Å². The summed E-state index contributed by atoms with van der Waals surface area (Å²) in [5, 5.41) is 11.0. The van der Waals surface area contributed by atoms with Crippen LogP contribution in [0.4, 0.5) is 0 Å². The second kappa shape index (κ2) is 4.13. The van der Waals surface area contributed by atoms with Gasteiger partial charge in [0.15, 0.2) is 11.6 Å². The van der Waals surface area contributed by atoms with Gasteiger partial charge in [-0.25, -0.2) is 4.68 Å². The minimum Gasteiger partial charge on any atom is -0.459 e. The van der Waals surface area contributed by atoms with Crippen molar-refractivity contribution in [2.24, 2.45) is 7.05 Å². The van der Waals surface area contributed by atoms with E-state index in [1.165, 1.54) is 15.8 Å². The van der Waals surface area contributed by atoms with E-state index < -0.39 is 0 Å². The first kappa shape index (κ1) is 10.3. The molecule has 7 nitrogen and oxygen atoms in total. The van der Waals surface area contributed by atoms with E-state index in [-0.39, 0.29) is 5.91 Å². The lowest BCUT2D eigenvalue weighted by Crippen LogP contribution is -2.27. The van der Waals surface area contributed by atoms with Crippen molar-refractivity contribution in [3.8, 4) is 0 Å². The fourth-order valence-electron chi connectivity index (χ4n) is 1.25. The number of amides is 1. The van der Waals surface area contributed by atoms with Crippen molar-refractivity contribution in [1.29, 1.82) is 0 Å². The quantitative estimate of drug-likeness (QED) is 0.733. The molecule has 0 aliphatic carbocycles. The van der Waals surface area contributed by atoms with Crippen molar-refractivity contribution in [1.82, 2.24) is 25.1 Å². The highest BCUT2D eigenvalue weighted by Crippen LogP contribution is 2.06. The molecule has 0 saturated heterocycles. The van der Waals surface area contributed by atoms with E-state index in [0.29, 0.717) is 18.1 Å². The van der Waals surface area contributed by atoms with Gasteiger partial charge >= 0.3 is 0 Å². The summed E-state index contributed by atoms with van der Waals surface area (Å²) in [5.74, 6) is 0.716. The van der Waals surface area contributed by atoms with Crippen molar-refractivity contribution in [3.63, 3.8) is 0 Å². The predicted octanol–water partition coefficient (Wildman–Crippen LogP) is 0.0753. The summed E-state index contributed by atoms with van der Waals surface area (Å²) in [7, 11) is 3.39. The van der Waals surface area contributed by atoms with Gasteiger partial charge in [0, 0.05) is 14.1 Å². The summed E-state index contributed by atoms with van der Waals surface area (Å²) in [6.45, 7) is 0.336. The SMILES string of the molecule is CN(Cc1nnnn1C)C(=O)c1ccco1. The van der Waals surface area contributed by atoms with Crippen LogP contribution < -0.4 is 0 Å². The minimum atomic E-state index is -0.201. The summed E-state index contributed by atoms with van der Waals surface area (Å²) < 4.78 is 6.54. The first-order valence-corrected chi connectivity index (χ1v) is 4.68. The molecule has 2 heterocycles. The molecule has 0 aliphatic heterocycles. The van der Waals surface area contributed by atoms with Gasteiger partial charge in [0.2, 0.25) is 0 Å². The van der Waals surface area contributed by atoms with E-state index in [4.69, 9.17) is 4.42 Å². The third kappa shape index (κ3) is 1.92. The van der Waals surface area contributed by atoms with Crippen LogP contribution in [-0.2, 0) is 13.6 Å². The van der Waals surface area contributed by atoms with Gasteiger partial charge in [0.05, 0.1) is 12.8 Å². The van der Waals surface area contributed by atoms with Gasteiger partial charge in [0.1, 0.15) is 0 Å². The number of carbonyl (C=O) groups is 1. The van der Waals surface area contributed by atoms with Gasteiger partial charge in [-0.1, -0.05) is 0 Å². The Morgan fingerprint density at radius 1 is 1.62 bits per heavy atom. The van der Waals surface area contributed by atoms with Crippen molar-refractivity contribution in [2.75, 3.05) is 7.05 Å². The number of nitrogens with zero attached hydrogens (tertiary/aromatic N) is 5. The average molecular weight is 221 g/mol. The van der Waals surface area contributed by atoms with Gasteiger partial charge in [0.25, 0.3) is 5.91 Å².